The summed E-state index contributed by atoms with van der Waals surface area (Å²) in [6.45, 7) is 3.88. The summed E-state index contributed by atoms with van der Waals surface area (Å²) < 4.78 is 5.32. The molecule has 0 aliphatic heterocycles. The van der Waals surface area contributed by atoms with Crippen molar-refractivity contribution in [2.75, 3.05) is 13.6 Å². The van der Waals surface area contributed by atoms with Crippen molar-refractivity contribution >= 4 is 29.9 Å². The monoisotopic (exact) mass is 425 g/mol. The number of hydrogen-bond acceptors (Lipinski definition) is 2. The Bertz CT molecular complexity index is 627. The minimum atomic E-state index is 0. The van der Waals surface area contributed by atoms with Crippen molar-refractivity contribution in [1.82, 2.24) is 10.6 Å². The first-order valence-electron chi connectivity index (χ1n) is 7.72. The van der Waals surface area contributed by atoms with Crippen LogP contribution >= 0.6 is 24.0 Å². The number of nitrogens with zero attached hydrogens (tertiary/aromatic N) is 1. The van der Waals surface area contributed by atoms with Gasteiger partial charge >= 0.3 is 0 Å². The van der Waals surface area contributed by atoms with Gasteiger partial charge in [0.2, 0.25) is 0 Å². The molecule has 2 N–H and O–H groups in total. The maximum Gasteiger partial charge on any atom is 0.191 e. The lowest BCUT2D eigenvalue weighted by molar-refractivity contribution is 0.342. The van der Waals surface area contributed by atoms with E-state index in [0.717, 1.165) is 31.1 Å². The second-order valence-electron chi connectivity index (χ2n) is 6.29. The fourth-order valence-electron chi connectivity index (χ4n) is 3.11. The van der Waals surface area contributed by atoms with Crippen LogP contribution in [-0.2, 0) is 19.4 Å². The van der Waals surface area contributed by atoms with E-state index in [1.807, 2.05) is 12.1 Å². The second-order valence-corrected chi connectivity index (χ2v) is 6.29. The number of aliphatic imine (C=N–C) groups is 1. The molecule has 0 saturated heterocycles. The van der Waals surface area contributed by atoms with Crippen molar-refractivity contribution in [3.05, 3.63) is 59.5 Å². The van der Waals surface area contributed by atoms with Crippen molar-refractivity contribution in [1.29, 1.82) is 0 Å². The molecule has 124 valence electrons. The van der Waals surface area contributed by atoms with Gasteiger partial charge in [0.05, 0.1) is 12.8 Å². The molecule has 0 unspecified atom stereocenters. The highest BCUT2D eigenvalue weighted by molar-refractivity contribution is 14.0. The van der Waals surface area contributed by atoms with Crippen molar-refractivity contribution in [3.8, 4) is 0 Å². The first kappa shape index (κ1) is 17.8. The van der Waals surface area contributed by atoms with Gasteiger partial charge in [0.15, 0.2) is 5.96 Å². The summed E-state index contributed by atoms with van der Waals surface area (Å²) in [5.41, 5.74) is 3.20. The smallest absolute Gasteiger partial charge is 0.191 e. The number of rotatable bonds is 4. The highest BCUT2D eigenvalue weighted by Crippen LogP contribution is 2.35. The first-order valence-corrected chi connectivity index (χ1v) is 7.72. The van der Waals surface area contributed by atoms with Gasteiger partial charge in [-0.3, -0.25) is 4.99 Å². The number of fused-ring (bicyclic) bond motifs is 1. The minimum Gasteiger partial charge on any atom is -0.467 e. The van der Waals surface area contributed by atoms with E-state index in [1.54, 1.807) is 13.3 Å². The van der Waals surface area contributed by atoms with E-state index in [2.05, 4.69) is 46.8 Å². The number of hydrogen-bond donors (Lipinski definition) is 2. The molecule has 1 aliphatic carbocycles. The molecule has 4 nitrogen and oxygen atoms in total. The van der Waals surface area contributed by atoms with Gasteiger partial charge in [-0.25, -0.2) is 0 Å². The van der Waals surface area contributed by atoms with Gasteiger partial charge in [-0.2, -0.15) is 0 Å². The van der Waals surface area contributed by atoms with E-state index in [-0.39, 0.29) is 29.4 Å². The maximum absolute atomic E-state index is 5.32. The molecule has 5 heteroatoms. The molecule has 0 radical (unpaired) electrons. The van der Waals surface area contributed by atoms with E-state index >= 15 is 0 Å². The van der Waals surface area contributed by atoms with Crippen molar-refractivity contribution in [2.45, 2.75) is 26.3 Å². The lowest BCUT2D eigenvalue weighted by atomic mass is 9.87. The molecule has 1 heterocycles. The molecule has 0 atom stereocenters. The van der Waals surface area contributed by atoms with Crippen molar-refractivity contribution in [2.24, 2.45) is 10.4 Å². The summed E-state index contributed by atoms with van der Waals surface area (Å²) in [5, 5.41) is 6.73. The third-order valence-corrected chi connectivity index (χ3v) is 4.27. The van der Waals surface area contributed by atoms with Gasteiger partial charge in [-0.1, -0.05) is 31.2 Å². The SMILES string of the molecule is CN=C(NCc1ccco1)NCC1(C)Cc2ccccc2C1.I. The average Bonchev–Trinajstić information content (AvgIpc) is 3.14. The van der Waals surface area contributed by atoms with Crippen LogP contribution in [0.4, 0.5) is 0 Å². The molecule has 23 heavy (non-hydrogen) atoms. The van der Waals surface area contributed by atoms with Crippen molar-refractivity contribution < 1.29 is 4.42 Å². The van der Waals surface area contributed by atoms with Gasteiger partial charge in [0, 0.05) is 13.6 Å². The summed E-state index contributed by atoms with van der Waals surface area (Å²) >= 11 is 0. The number of benzene rings is 1. The molecule has 0 bridgehead atoms. The standard InChI is InChI=1S/C18H23N3O.HI/c1-18(10-14-6-3-4-7-15(14)11-18)13-21-17(19-2)20-12-16-8-5-9-22-16;/h3-9H,10-13H2,1-2H3,(H2,19,20,21);1H. The summed E-state index contributed by atoms with van der Waals surface area (Å²) in [7, 11) is 1.79. The van der Waals surface area contributed by atoms with Gasteiger partial charge in [0.25, 0.3) is 0 Å². The van der Waals surface area contributed by atoms with E-state index in [1.165, 1.54) is 11.1 Å². The molecule has 0 fully saturated rings. The molecule has 1 aromatic carbocycles. The van der Waals surface area contributed by atoms with Crippen LogP contribution in [0.25, 0.3) is 0 Å². The quantitative estimate of drug-likeness (QED) is 0.449. The molecular weight excluding hydrogens is 401 g/mol. The summed E-state index contributed by atoms with van der Waals surface area (Å²) in [4.78, 5) is 4.28. The van der Waals surface area contributed by atoms with E-state index in [4.69, 9.17) is 4.42 Å². The third kappa shape index (κ3) is 4.50. The van der Waals surface area contributed by atoms with Crippen LogP contribution in [0.15, 0.2) is 52.1 Å². The molecule has 1 aliphatic rings. The van der Waals surface area contributed by atoms with E-state index < -0.39 is 0 Å². The van der Waals surface area contributed by atoms with Crippen LogP contribution in [-0.4, -0.2) is 19.6 Å². The molecular formula is C18H24IN3O. The van der Waals surface area contributed by atoms with E-state index in [0.29, 0.717) is 6.54 Å². The molecule has 0 spiro atoms. The molecule has 1 aromatic heterocycles. The third-order valence-electron chi connectivity index (χ3n) is 4.27. The fraction of sp³-hybridized carbons (Fsp3) is 0.389. The Labute approximate surface area is 154 Å². The zero-order valence-corrected chi connectivity index (χ0v) is 16.0. The Balaban J connectivity index is 0.00000192. The first-order chi connectivity index (χ1) is 10.7. The van der Waals surface area contributed by atoms with Crippen LogP contribution in [0.5, 0.6) is 0 Å². The highest BCUT2D eigenvalue weighted by atomic mass is 127. The summed E-state index contributed by atoms with van der Waals surface area (Å²) in [5.74, 6) is 1.72. The van der Waals surface area contributed by atoms with Crippen LogP contribution in [0.1, 0.15) is 23.8 Å². The van der Waals surface area contributed by atoms with Crippen LogP contribution in [0.3, 0.4) is 0 Å². The zero-order chi connectivity index (χ0) is 15.4. The number of nitrogens with one attached hydrogen (secondary N) is 2. The van der Waals surface area contributed by atoms with Gasteiger partial charge in [-0.15, -0.1) is 24.0 Å². The summed E-state index contributed by atoms with van der Waals surface area (Å²) in [6.07, 6.45) is 3.92. The van der Waals surface area contributed by atoms with Crippen LogP contribution in [0.2, 0.25) is 0 Å². The predicted octanol–water partition coefficient (Wildman–Crippen LogP) is 3.37. The zero-order valence-electron chi connectivity index (χ0n) is 13.6. The van der Waals surface area contributed by atoms with Crippen LogP contribution in [0, 0.1) is 5.41 Å². The Morgan fingerprint density at radius 2 is 1.83 bits per heavy atom. The molecule has 0 amide bonds. The predicted molar refractivity (Wildman–Crippen MR) is 104 cm³/mol. The Kier molecular flexibility index (Phi) is 6.10. The highest BCUT2D eigenvalue weighted by Gasteiger charge is 2.32. The Hall–Kier alpha value is -1.50. The van der Waals surface area contributed by atoms with Gasteiger partial charge in [-0.05, 0) is 41.5 Å². The lowest BCUT2D eigenvalue weighted by Gasteiger charge is -2.25. The largest absolute Gasteiger partial charge is 0.467 e. The molecule has 0 saturated carbocycles. The van der Waals surface area contributed by atoms with Gasteiger partial charge in [0.1, 0.15) is 5.76 Å². The number of halogens is 1. The lowest BCUT2D eigenvalue weighted by Crippen LogP contribution is -2.42. The van der Waals surface area contributed by atoms with E-state index in [9.17, 15) is 0 Å². The number of guanidine groups is 1. The second kappa shape index (κ2) is 7.86. The average molecular weight is 425 g/mol. The molecule has 3 rings (SSSR count). The minimum absolute atomic E-state index is 0. The summed E-state index contributed by atoms with van der Waals surface area (Å²) in [6, 6.07) is 12.6. The maximum atomic E-state index is 5.32. The molecule has 2 aromatic rings. The van der Waals surface area contributed by atoms with Crippen molar-refractivity contribution in [3.63, 3.8) is 0 Å². The Morgan fingerprint density at radius 3 is 2.39 bits per heavy atom. The van der Waals surface area contributed by atoms with Crippen LogP contribution < -0.4 is 10.6 Å². The number of furan rings is 1. The van der Waals surface area contributed by atoms with Gasteiger partial charge < -0.3 is 15.1 Å². The fourth-order valence-corrected chi connectivity index (χ4v) is 3.11. The normalized spacial score (nSPS) is 15.7. The topological polar surface area (TPSA) is 49.6 Å². The Morgan fingerprint density at radius 1 is 1.13 bits per heavy atom.